The number of hydrogen-bond donors (Lipinski definition) is 1. The van der Waals surface area contributed by atoms with Crippen LogP contribution in [0.1, 0.15) is 37.9 Å². The summed E-state index contributed by atoms with van der Waals surface area (Å²) in [5, 5.41) is 7.00. The Bertz CT molecular complexity index is 350. The zero-order valence-electron chi connectivity index (χ0n) is 11.1. The standard InChI is InChI=1S/C13H23N3S/c1-4-5-12-9-17-13(15-12)8-16-7-6-14-10(2)11(16)3/h9-11,14H,4-8H2,1-3H3. The molecule has 1 aliphatic heterocycles. The molecular formula is C13H23N3S. The molecule has 1 N–H and O–H groups in total. The number of aryl methyl sites for hydroxylation is 1. The van der Waals surface area contributed by atoms with E-state index in [1.165, 1.54) is 17.1 Å². The van der Waals surface area contributed by atoms with Gasteiger partial charge in [-0.15, -0.1) is 11.3 Å². The van der Waals surface area contributed by atoms with Crippen molar-refractivity contribution < 1.29 is 0 Å². The van der Waals surface area contributed by atoms with Crippen LogP contribution in [-0.2, 0) is 13.0 Å². The van der Waals surface area contributed by atoms with E-state index in [2.05, 4.69) is 36.4 Å². The van der Waals surface area contributed by atoms with Crippen LogP contribution >= 0.6 is 11.3 Å². The molecule has 0 saturated carbocycles. The summed E-state index contributed by atoms with van der Waals surface area (Å²) in [5.74, 6) is 0. The van der Waals surface area contributed by atoms with Gasteiger partial charge in [0.25, 0.3) is 0 Å². The predicted molar refractivity (Wildman–Crippen MR) is 73.4 cm³/mol. The zero-order chi connectivity index (χ0) is 12.3. The molecule has 1 aromatic heterocycles. The van der Waals surface area contributed by atoms with Crippen LogP contribution in [0.15, 0.2) is 5.38 Å². The maximum absolute atomic E-state index is 4.71. The molecule has 17 heavy (non-hydrogen) atoms. The second-order valence-electron chi connectivity index (χ2n) is 4.94. The summed E-state index contributed by atoms with van der Waals surface area (Å²) in [4.78, 5) is 7.25. The van der Waals surface area contributed by atoms with Crippen molar-refractivity contribution in [3.05, 3.63) is 16.1 Å². The van der Waals surface area contributed by atoms with Crippen molar-refractivity contribution in [2.45, 2.75) is 52.2 Å². The number of rotatable bonds is 4. The van der Waals surface area contributed by atoms with Crippen molar-refractivity contribution >= 4 is 11.3 Å². The van der Waals surface area contributed by atoms with Crippen molar-refractivity contribution in [3.8, 4) is 0 Å². The second kappa shape index (κ2) is 5.94. The quantitative estimate of drug-likeness (QED) is 0.892. The van der Waals surface area contributed by atoms with Crippen LogP contribution in [-0.4, -0.2) is 35.1 Å². The molecule has 0 radical (unpaired) electrons. The van der Waals surface area contributed by atoms with E-state index in [4.69, 9.17) is 4.98 Å². The fourth-order valence-corrected chi connectivity index (χ4v) is 3.17. The molecule has 0 bridgehead atoms. The molecule has 1 aromatic rings. The van der Waals surface area contributed by atoms with E-state index in [0.717, 1.165) is 26.1 Å². The van der Waals surface area contributed by atoms with Gasteiger partial charge in [-0.3, -0.25) is 4.90 Å². The molecule has 2 heterocycles. The van der Waals surface area contributed by atoms with Gasteiger partial charge in [-0.25, -0.2) is 4.98 Å². The van der Waals surface area contributed by atoms with Crippen LogP contribution in [0.4, 0.5) is 0 Å². The fraction of sp³-hybridized carbons (Fsp3) is 0.769. The third kappa shape index (κ3) is 3.27. The van der Waals surface area contributed by atoms with Crippen LogP contribution in [0.25, 0.3) is 0 Å². The van der Waals surface area contributed by atoms with Gasteiger partial charge < -0.3 is 5.32 Å². The fourth-order valence-electron chi connectivity index (χ4n) is 2.32. The van der Waals surface area contributed by atoms with Gasteiger partial charge in [-0.1, -0.05) is 13.3 Å². The van der Waals surface area contributed by atoms with Crippen LogP contribution < -0.4 is 5.32 Å². The lowest BCUT2D eigenvalue weighted by molar-refractivity contribution is 0.130. The van der Waals surface area contributed by atoms with Gasteiger partial charge in [0.1, 0.15) is 5.01 Å². The Labute approximate surface area is 108 Å². The van der Waals surface area contributed by atoms with Crippen LogP contribution in [0.3, 0.4) is 0 Å². The van der Waals surface area contributed by atoms with Crippen LogP contribution in [0, 0.1) is 0 Å². The summed E-state index contributed by atoms with van der Waals surface area (Å²) in [6.07, 6.45) is 2.30. The number of thiazole rings is 1. The minimum atomic E-state index is 0.582. The van der Waals surface area contributed by atoms with Gasteiger partial charge in [0.05, 0.1) is 12.2 Å². The normalized spacial score (nSPS) is 26.3. The number of piperazine rings is 1. The van der Waals surface area contributed by atoms with E-state index in [0.29, 0.717) is 12.1 Å². The molecule has 1 fully saturated rings. The number of nitrogens with zero attached hydrogens (tertiary/aromatic N) is 2. The molecule has 0 spiro atoms. The second-order valence-corrected chi connectivity index (χ2v) is 5.88. The first-order valence-corrected chi connectivity index (χ1v) is 7.49. The van der Waals surface area contributed by atoms with E-state index in [9.17, 15) is 0 Å². The molecular weight excluding hydrogens is 230 g/mol. The molecule has 1 saturated heterocycles. The van der Waals surface area contributed by atoms with Gasteiger partial charge in [0, 0.05) is 30.6 Å². The van der Waals surface area contributed by atoms with Crippen LogP contribution in [0.5, 0.6) is 0 Å². The Morgan fingerprint density at radius 2 is 2.35 bits per heavy atom. The molecule has 1 aliphatic rings. The maximum Gasteiger partial charge on any atom is 0.107 e. The van der Waals surface area contributed by atoms with Gasteiger partial charge in [0.15, 0.2) is 0 Å². The predicted octanol–water partition coefficient (Wildman–Crippen LogP) is 2.28. The molecule has 0 amide bonds. The van der Waals surface area contributed by atoms with E-state index in [1.807, 2.05) is 11.3 Å². The molecule has 2 atom stereocenters. The summed E-state index contributed by atoms with van der Waals surface area (Å²) in [6.45, 7) is 10.0. The Kier molecular flexibility index (Phi) is 4.54. The van der Waals surface area contributed by atoms with E-state index in [1.54, 1.807) is 0 Å². The molecule has 0 aliphatic carbocycles. The van der Waals surface area contributed by atoms with Crippen molar-refractivity contribution in [2.24, 2.45) is 0 Å². The molecule has 4 heteroatoms. The van der Waals surface area contributed by atoms with Gasteiger partial charge >= 0.3 is 0 Å². The summed E-state index contributed by atoms with van der Waals surface area (Å²) in [5.41, 5.74) is 1.27. The van der Waals surface area contributed by atoms with Crippen molar-refractivity contribution in [1.29, 1.82) is 0 Å². The van der Waals surface area contributed by atoms with Crippen molar-refractivity contribution in [3.63, 3.8) is 0 Å². The number of aromatic nitrogens is 1. The lowest BCUT2D eigenvalue weighted by atomic mass is 10.1. The maximum atomic E-state index is 4.71. The lowest BCUT2D eigenvalue weighted by Gasteiger charge is -2.38. The first-order valence-electron chi connectivity index (χ1n) is 6.61. The summed E-state index contributed by atoms with van der Waals surface area (Å²) in [6, 6.07) is 1.18. The van der Waals surface area contributed by atoms with Crippen molar-refractivity contribution in [1.82, 2.24) is 15.2 Å². The highest BCUT2D eigenvalue weighted by Gasteiger charge is 2.24. The largest absolute Gasteiger partial charge is 0.311 e. The smallest absolute Gasteiger partial charge is 0.107 e. The van der Waals surface area contributed by atoms with Crippen LogP contribution in [0.2, 0.25) is 0 Å². The Morgan fingerprint density at radius 1 is 1.53 bits per heavy atom. The molecule has 0 aromatic carbocycles. The summed E-state index contributed by atoms with van der Waals surface area (Å²) in [7, 11) is 0. The highest BCUT2D eigenvalue weighted by Crippen LogP contribution is 2.17. The van der Waals surface area contributed by atoms with E-state index in [-0.39, 0.29) is 0 Å². The molecule has 3 nitrogen and oxygen atoms in total. The monoisotopic (exact) mass is 253 g/mol. The minimum Gasteiger partial charge on any atom is -0.311 e. The molecule has 2 rings (SSSR count). The van der Waals surface area contributed by atoms with Gasteiger partial charge in [-0.2, -0.15) is 0 Å². The summed E-state index contributed by atoms with van der Waals surface area (Å²) >= 11 is 1.81. The Hall–Kier alpha value is -0.450. The number of nitrogens with one attached hydrogen (secondary N) is 1. The third-order valence-corrected chi connectivity index (χ3v) is 4.49. The summed E-state index contributed by atoms with van der Waals surface area (Å²) < 4.78 is 0. The average molecular weight is 253 g/mol. The van der Waals surface area contributed by atoms with Gasteiger partial charge in [0.2, 0.25) is 0 Å². The number of hydrogen-bond acceptors (Lipinski definition) is 4. The molecule has 96 valence electrons. The Morgan fingerprint density at radius 3 is 3.12 bits per heavy atom. The third-order valence-electron chi connectivity index (χ3n) is 3.61. The Balaban J connectivity index is 1.94. The highest BCUT2D eigenvalue weighted by atomic mass is 32.1. The minimum absolute atomic E-state index is 0.582. The SMILES string of the molecule is CCCc1csc(CN2CCNC(C)C2C)n1. The first-order chi connectivity index (χ1) is 8.20. The topological polar surface area (TPSA) is 28.2 Å². The van der Waals surface area contributed by atoms with E-state index >= 15 is 0 Å². The average Bonchev–Trinajstić information content (AvgIpc) is 2.73. The highest BCUT2D eigenvalue weighted by molar-refractivity contribution is 7.09. The van der Waals surface area contributed by atoms with Gasteiger partial charge in [-0.05, 0) is 20.3 Å². The first kappa shape index (κ1) is 13.0. The zero-order valence-corrected chi connectivity index (χ0v) is 11.9. The lowest BCUT2D eigenvalue weighted by Crippen LogP contribution is -2.54. The molecule has 2 unspecified atom stereocenters. The van der Waals surface area contributed by atoms with Crippen molar-refractivity contribution in [2.75, 3.05) is 13.1 Å². The van der Waals surface area contributed by atoms with E-state index < -0.39 is 0 Å².